The molecule has 21 heteroatoms. The van der Waals surface area contributed by atoms with Gasteiger partial charge in [-0.05, 0) is 25.9 Å². The van der Waals surface area contributed by atoms with Crippen LogP contribution in [0.1, 0.15) is 25.7 Å². The first-order valence-electron chi connectivity index (χ1n) is 7.20. The summed E-state index contributed by atoms with van der Waals surface area (Å²) in [6.07, 6.45) is -1.71. The Morgan fingerprint density at radius 3 is 0.828 bits per heavy atom. The number of hydrogen-bond acceptors (Lipinski definition) is 8. The molecule has 0 aliphatic heterocycles. The molecular weight excluding hydrogens is 537 g/mol. The van der Waals surface area contributed by atoms with E-state index in [1.807, 2.05) is 0 Å². The van der Waals surface area contributed by atoms with E-state index in [1.54, 1.807) is 0 Å². The molecule has 0 aromatic rings. The fourth-order valence-corrected chi connectivity index (χ4v) is 6.11. The van der Waals surface area contributed by atoms with Crippen molar-refractivity contribution in [3.63, 3.8) is 0 Å². The third kappa shape index (κ3) is 9.61. The van der Waals surface area contributed by atoms with Crippen LogP contribution in [-0.2, 0) is 37.7 Å². The quantitative estimate of drug-likeness (QED) is 0.0960. The van der Waals surface area contributed by atoms with E-state index in [1.165, 1.54) is 0 Å². The maximum Gasteiger partial charge on any atom is 2.00 e. The topological polar surface area (TPSA) is 323 Å². The molecule has 16 nitrogen and oxygen atoms in total. The standard InChI is InChI=1S/2C4H13NO7P2.Zn/c2*5-3-1-2-4(6,13(7,8)9)14(10,11)12;/h2*6H,1-3,5H2,(H2,7,8,9)(H2,10,11,12);/q;;+2. The van der Waals surface area contributed by atoms with Gasteiger partial charge in [0.15, 0.2) is 0 Å². The van der Waals surface area contributed by atoms with Crippen LogP contribution in [0.25, 0.3) is 0 Å². The summed E-state index contributed by atoms with van der Waals surface area (Å²) in [6, 6.07) is 0. The van der Waals surface area contributed by atoms with Crippen molar-refractivity contribution in [3.05, 3.63) is 0 Å². The number of nitrogens with two attached hydrogens (primary N) is 2. The second kappa shape index (κ2) is 12.3. The van der Waals surface area contributed by atoms with E-state index in [2.05, 4.69) is 0 Å². The molecule has 0 aromatic carbocycles. The maximum atomic E-state index is 10.7. The van der Waals surface area contributed by atoms with E-state index in [-0.39, 0.29) is 45.4 Å². The third-order valence-corrected chi connectivity index (χ3v) is 11.1. The van der Waals surface area contributed by atoms with Crippen LogP contribution in [0.3, 0.4) is 0 Å². The van der Waals surface area contributed by atoms with Crippen LogP contribution in [0.5, 0.6) is 0 Å². The summed E-state index contributed by atoms with van der Waals surface area (Å²) in [6.45, 7) is -0.0788. The predicted octanol–water partition coefficient (Wildman–Crippen LogP) is -2.55. The minimum atomic E-state index is -5.30. The molecule has 0 unspecified atom stereocenters. The minimum absolute atomic E-state index is 0. The molecule has 0 atom stereocenters. The molecule has 14 N–H and O–H groups in total. The van der Waals surface area contributed by atoms with Gasteiger partial charge in [0.25, 0.3) is 10.2 Å². The normalized spacial score (nSPS) is 13.9. The molecule has 0 amide bonds. The van der Waals surface area contributed by atoms with Crippen molar-refractivity contribution in [1.29, 1.82) is 0 Å². The Morgan fingerprint density at radius 2 is 0.724 bits per heavy atom. The first-order chi connectivity index (χ1) is 12.1. The van der Waals surface area contributed by atoms with Gasteiger partial charge in [-0.3, -0.25) is 18.3 Å². The fraction of sp³-hybridized carbons (Fsp3) is 1.00. The Balaban J connectivity index is -0.000000451. The molecule has 0 aromatic heterocycles. The Bertz CT molecular complexity index is 579. The Kier molecular flexibility index (Phi) is 14.8. The molecule has 0 spiro atoms. The van der Waals surface area contributed by atoms with Crippen LogP contribution in [0.4, 0.5) is 0 Å². The molecule has 29 heavy (non-hydrogen) atoms. The molecule has 0 aliphatic rings. The molecule has 0 fully saturated rings. The Labute approximate surface area is 178 Å². The summed E-state index contributed by atoms with van der Waals surface area (Å²) in [5.74, 6) is 0. The second-order valence-corrected chi connectivity index (χ2v) is 13.5. The van der Waals surface area contributed by atoms with Crippen LogP contribution in [-0.4, -0.2) is 72.6 Å². The summed E-state index contributed by atoms with van der Waals surface area (Å²) in [7, 11) is -21.2. The average molecular weight is 564 g/mol. The first-order valence-corrected chi connectivity index (χ1v) is 13.6. The van der Waals surface area contributed by atoms with Gasteiger partial charge in [-0.1, -0.05) is 0 Å². The Hall–Kier alpha value is 1.06. The fourth-order valence-electron chi connectivity index (χ4n) is 1.60. The van der Waals surface area contributed by atoms with Gasteiger partial charge in [-0.25, -0.2) is 0 Å². The monoisotopic (exact) mass is 562 g/mol. The second-order valence-electron chi connectivity index (χ2n) is 5.51. The first kappa shape index (κ1) is 34.7. The van der Waals surface area contributed by atoms with Crippen molar-refractivity contribution in [2.45, 2.75) is 35.8 Å². The van der Waals surface area contributed by atoms with E-state index in [9.17, 15) is 28.5 Å². The SMILES string of the molecule is NCCCC(O)(P(=O)(O)O)P(=O)(O)O.NCCCC(O)(P(=O)(O)O)P(=O)(O)O.[Zn+2]. The zero-order valence-corrected chi connectivity index (χ0v) is 21.5. The van der Waals surface area contributed by atoms with Gasteiger partial charge >= 0.3 is 49.9 Å². The van der Waals surface area contributed by atoms with Crippen LogP contribution in [0.15, 0.2) is 0 Å². The number of rotatable bonds is 10. The predicted molar refractivity (Wildman–Crippen MR) is 94.7 cm³/mol. The van der Waals surface area contributed by atoms with E-state index >= 15 is 0 Å². The molecular formula is C8H26N2O14P4Zn+2. The summed E-state index contributed by atoms with van der Waals surface area (Å²) in [5.41, 5.74) is 10.0. The zero-order valence-electron chi connectivity index (χ0n) is 15.0. The summed E-state index contributed by atoms with van der Waals surface area (Å²) in [4.78, 5) is 69.0. The molecule has 0 saturated carbocycles. The summed E-state index contributed by atoms with van der Waals surface area (Å²) >= 11 is 0. The third-order valence-electron chi connectivity index (χ3n) is 3.30. The summed E-state index contributed by atoms with van der Waals surface area (Å²) in [5, 5.41) is 11.8. The molecule has 0 bridgehead atoms. The van der Waals surface area contributed by atoms with Gasteiger partial charge in [-0.15, -0.1) is 0 Å². The van der Waals surface area contributed by atoms with E-state index in [0.29, 0.717) is 0 Å². The van der Waals surface area contributed by atoms with Crippen molar-refractivity contribution in [2.75, 3.05) is 13.1 Å². The van der Waals surface area contributed by atoms with Crippen molar-refractivity contribution in [1.82, 2.24) is 0 Å². The van der Waals surface area contributed by atoms with Gasteiger partial charge in [0.2, 0.25) is 0 Å². The number of hydrogen-bond donors (Lipinski definition) is 12. The minimum Gasteiger partial charge on any atom is -0.368 e. The van der Waals surface area contributed by atoms with E-state index in [0.717, 1.165) is 0 Å². The molecule has 0 saturated heterocycles. The average Bonchev–Trinajstić information content (AvgIpc) is 2.46. The zero-order chi connectivity index (χ0) is 23.2. The van der Waals surface area contributed by atoms with Crippen LogP contribution in [0.2, 0.25) is 0 Å². The van der Waals surface area contributed by atoms with Crippen molar-refractivity contribution < 1.29 is 87.1 Å². The maximum absolute atomic E-state index is 10.7. The van der Waals surface area contributed by atoms with Crippen molar-refractivity contribution >= 4 is 30.4 Å². The molecule has 172 valence electrons. The van der Waals surface area contributed by atoms with Gasteiger partial charge in [0.1, 0.15) is 0 Å². The van der Waals surface area contributed by atoms with Gasteiger partial charge < -0.3 is 60.8 Å². The van der Waals surface area contributed by atoms with Crippen LogP contribution >= 0.6 is 30.4 Å². The van der Waals surface area contributed by atoms with Gasteiger partial charge in [0.05, 0.1) is 0 Å². The summed E-state index contributed by atoms with van der Waals surface area (Å²) < 4.78 is 42.9. The van der Waals surface area contributed by atoms with Gasteiger partial charge in [-0.2, -0.15) is 0 Å². The van der Waals surface area contributed by atoms with Crippen molar-refractivity contribution in [2.24, 2.45) is 11.5 Å². The van der Waals surface area contributed by atoms with E-state index in [4.69, 9.17) is 50.6 Å². The molecule has 0 aliphatic carbocycles. The van der Waals surface area contributed by atoms with Crippen molar-refractivity contribution in [3.8, 4) is 0 Å². The van der Waals surface area contributed by atoms with Crippen LogP contribution < -0.4 is 11.5 Å². The number of aliphatic hydroxyl groups is 2. The molecule has 0 rings (SSSR count). The van der Waals surface area contributed by atoms with Crippen LogP contribution in [0, 0.1) is 0 Å². The van der Waals surface area contributed by atoms with Gasteiger partial charge in [0, 0.05) is 12.8 Å². The molecule has 0 heterocycles. The van der Waals surface area contributed by atoms with E-state index < -0.39 is 53.4 Å². The molecule has 0 radical (unpaired) electrons. The largest absolute Gasteiger partial charge is 2.00 e. The smallest absolute Gasteiger partial charge is 0.368 e. The Morgan fingerprint density at radius 1 is 0.552 bits per heavy atom.